The molecule has 1 unspecified atom stereocenters. The quantitative estimate of drug-likeness (QED) is 0.897. The minimum Gasteiger partial charge on any atom is -0.495 e. The standard InChI is InChI=1S/C14H21ClN2O3S/c1-16-10-11-5-3-4-8-17(11)21(18,19)12-6-7-14(20-2)13(15)9-12/h6-7,9,11,16H,3-5,8,10H2,1-2H3. The van der Waals surface area contributed by atoms with Gasteiger partial charge in [0.1, 0.15) is 5.75 Å². The molecule has 118 valence electrons. The summed E-state index contributed by atoms with van der Waals surface area (Å²) in [5.41, 5.74) is 0. The Hall–Kier alpha value is -0.820. The minimum atomic E-state index is -3.53. The molecule has 0 spiro atoms. The highest BCUT2D eigenvalue weighted by molar-refractivity contribution is 7.89. The van der Waals surface area contributed by atoms with Gasteiger partial charge in [-0.15, -0.1) is 0 Å². The number of likely N-dealkylation sites (N-methyl/N-ethyl adjacent to an activating group) is 1. The summed E-state index contributed by atoms with van der Waals surface area (Å²) in [6.07, 6.45) is 2.83. The molecule has 0 radical (unpaired) electrons. The van der Waals surface area contributed by atoms with Crippen LogP contribution in [0.4, 0.5) is 0 Å². The SMILES string of the molecule is CNCC1CCCCN1S(=O)(=O)c1ccc(OC)c(Cl)c1. The van der Waals surface area contributed by atoms with Gasteiger partial charge in [-0.25, -0.2) is 8.42 Å². The van der Waals surface area contributed by atoms with Gasteiger partial charge in [0.2, 0.25) is 10.0 Å². The third-order valence-corrected chi connectivity index (χ3v) is 5.99. The Morgan fingerprint density at radius 3 is 2.81 bits per heavy atom. The highest BCUT2D eigenvalue weighted by Gasteiger charge is 2.33. The maximum atomic E-state index is 12.8. The second-order valence-electron chi connectivity index (χ2n) is 5.12. The van der Waals surface area contributed by atoms with Crippen molar-refractivity contribution in [2.24, 2.45) is 0 Å². The molecule has 0 aromatic heterocycles. The third kappa shape index (κ3) is 3.51. The fourth-order valence-electron chi connectivity index (χ4n) is 2.67. The average Bonchev–Trinajstić information content (AvgIpc) is 2.48. The number of rotatable bonds is 5. The number of hydrogen-bond acceptors (Lipinski definition) is 4. The fourth-order valence-corrected chi connectivity index (χ4v) is 4.71. The second-order valence-corrected chi connectivity index (χ2v) is 7.42. The van der Waals surface area contributed by atoms with Gasteiger partial charge in [-0.3, -0.25) is 0 Å². The number of piperidine rings is 1. The topological polar surface area (TPSA) is 58.6 Å². The summed E-state index contributed by atoms with van der Waals surface area (Å²) in [5, 5.41) is 3.37. The smallest absolute Gasteiger partial charge is 0.243 e. The van der Waals surface area contributed by atoms with Crippen molar-refractivity contribution in [2.75, 3.05) is 27.2 Å². The van der Waals surface area contributed by atoms with E-state index in [9.17, 15) is 8.42 Å². The van der Waals surface area contributed by atoms with Crippen molar-refractivity contribution < 1.29 is 13.2 Å². The number of ether oxygens (including phenoxy) is 1. The number of hydrogen-bond donors (Lipinski definition) is 1. The van der Waals surface area contributed by atoms with Crippen molar-refractivity contribution in [1.82, 2.24) is 9.62 Å². The summed E-state index contributed by atoms with van der Waals surface area (Å²) < 4.78 is 32.3. The average molecular weight is 333 g/mol. The monoisotopic (exact) mass is 332 g/mol. The Balaban J connectivity index is 2.33. The zero-order valence-electron chi connectivity index (χ0n) is 12.3. The largest absolute Gasteiger partial charge is 0.495 e. The molecule has 21 heavy (non-hydrogen) atoms. The maximum absolute atomic E-state index is 12.8. The molecule has 1 N–H and O–H groups in total. The van der Waals surface area contributed by atoms with Crippen molar-refractivity contribution >= 4 is 21.6 Å². The third-order valence-electron chi connectivity index (χ3n) is 3.74. The molecule has 0 bridgehead atoms. The van der Waals surface area contributed by atoms with E-state index in [2.05, 4.69) is 5.32 Å². The molecule has 0 amide bonds. The second kappa shape index (κ2) is 6.96. The van der Waals surface area contributed by atoms with Crippen molar-refractivity contribution in [1.29, 1.82) is 0 Å². The summed E-state index contributed by atoms with van der Waals surface area (Å²) in [6, 6.07) is 4.59. The minimum absolute atomic E-state index is 0.00497. The van der Waals surface area contributed by atoms with E-state index in [4.69, 9.17) is 16.3 Å². The van der Waals surface area contributed by atoms with E-state index in [0.717, 1.165) is 19.3 Å². The zero-order valence-corrected chi connectivity index (χ0v) is 13.9. The Labute approximate surface area is 131 Å². The first kappa shape index (κ1) is 16.5. The van der Waals surface area contributed by atoms with E-state index in [0.29, 0.717) is 23.9 Å². The molecule has 7 heteroatoms. The number of nitrogens with zero attached hydrogens (tertiary/aromatic N) is 1. The first-order valence-electron chi connectivity index (χ1n) is 7.00. The molecule has 0 aliphatic carbocycles. The number of benzene rings is 1. The van der Waals surface area contributed by atoms with Gasteiger partial charge < -0.3 is 10.1 Å². The van der Waals surface area contributed by atoms with Crippen LogP contribution in [0.2, 0.25) is 5.02 Å². The van der Waals surface area contributed by atoms with Gasteiger partial charge in [0, 0.05) is 19.1 Å². The molecule has 1 fully saturated rings. The van der Waals surface area contributed by atoms with Gasteiger partial charge >= 0.3 is 0 Å². The van der Waals surface area contributed by atoms with Crippen LogP contribution in [0.5, 0.6) is 5.75 Å². The first-order chi connectivity index (χ1) is 10.0. The Morgan fingerprint density at radius 2 is 2.19 bits per heavy atom. The van der Waals surface area contributed by atoms with Crippen molar-refractivity contribution in [3.05, 3.63) is 23.2 Å². The van der Waals surface area contributed by atoms with Crippen LogP contribution < -0.4 is 10.1 Å². The lowest BCUT2D eigenvalue weighted by atomic mass is 10.1. The summed E-state index contributed by atoms with van der Waals surface area (Å²) in [6.45, 7) is 1.21. The molecule has 1 saturated heterocycles. The molecule has 2 rings (SSSR count). The zero-order chi connectivity index (χ0) is 15.5. The maximum Gasteiger partial charge on any atom is 0.243 e. The van der Waals surface area contributed by atoms with E-state index in [1.807, 2.05) is 7.05 Å². The number of nitrogens with one attached hydrogen (secondary N) is 1. The normalized spacial score (nSPS) is 20.4. The van der Waals surface area contributed by atoms with Gasteiger partial charge in [0.25, 0.3) is 0 Å². The highest BCUT2D eigenvalue weighted by Crippen LogP contribution is 2.30. The number of methoxy groups -OCH3 is 1. The lowest BCUT2D eigenvalue weighted by Crippen LogP contribution is -2.47. The molecule has 1 aromatic rings. The Morgan fingerprint density at radius 1 is 1.43 bits per heavy atom. The molecule has 1 atom stereocenters. The predicted octanol–water partition coefficient (Wildman–Crippen LogP) is 2.11. The van der Waals surface area contributed by atoms with Gasteiger partial charge in [0.05, 0.1) is 17.0 Å². The van der Waals surface area contributed by atoms with E-state index in [1.54, 1.807) is 16.4 Å². The molecule has 5 nitrogen and oxygen atoms in total. The van der Waals surface area contributed by atoms with E-state index in [-0.39, 0.29) is 10.9 Å². The summed E-state index contributed by atoms with van der Waals surface area (Å²) in [7, 11) is -0.188. The predicted molar refractivity (Wildman–Crippen MR) is 83.5 cm³/mol. The molecule has 1 aromatic carbocycles. The molecule has 1 aliphatic heterocycles. The van der Waals surface area contributed by atoms with Crippen LogP contribution in [0, 0.1) is 0 Å². The lowest BCUT2D eigenvalue weighted by molar-refractivity contribution is 0.249. The van der Waals surface area contributed by atoms with Crippen LogP contribution in [-0.2, 0) is 10.0 Å². The molecular formula is C14H21ClN2O3S. The van der Waals surface area contributed by atoms with Gasteiger partial charge in [0.15, 0.2) is 0 Å². The van der Waals surface area contributed by atoms with Crippen molar-refractivity contribution in [3.8, 4) is 5.75 Å². The van der Waals surface area contributed by atoms with Crippen molar-refractivity contribution in [2.45, 2.75) is 30.2 Å². The summed E-state index contributed by atoms with van der Waals surface area (Å²) in [4.78, 5) is 0.219. The van der Waals surface area contributed by atoms with Crippen LogP contribution in [0.3, 0.4) is 0 Å². The fraction of sp³-hybridized carbons (Fsp3) is 0.571. The summed E-state index contributed by atoms with van der Waals surface area (Å²) in [5.74, 6) is 0.473. The van der Waals surface area contributed by atoms with Gasteiger partial charge in [-0.05, 0) is 38.1 Å². The first-order valence-corrected chi connectivity index (χ1v) is 8.82. The van der Waals surface area contributed by atoms with Crippen LogP contribution >= 0.6 is 11.6 Å². The molecular weight excluding hydrogens is 312 g/mol. The Kier molecular flexibility index (Phi) is 5.48. The lowest BCUT2D eigenvalue weighted by Gasteiger charge is -2.34. The van der Waals surface area contributed by atoms with Crippen LogP contribution in [0.25, 0.3) is 0 Å². The number of sulfonamides is 1. The van der Waals surface area contributed by atoms with Crippen LogP contribution in [0.15, 0.2) is 23.1 Å². The highest BCUT2D eigenvalue weighted by atomic mass is 35.5. The molecule has 1 heterocycles. The Bertz CT molecular complexity index is 590. The van der Waals surface area contributed by atoms with E-state index >= 15 is 0 Å². The summed E-state index contributed by atoms with van der Waals surface area (Å²) >= 11 is 6.05. The van der Waals surface area contributed by atoms with E-state index < -0.39 is 10.0 Å². The van der Waals surface area contributed by atoms with E-state index in [1.165, 1.54) is 13.2 Å². The molecule has 0 saturated carbocycles. The van der Waals surface area contributed by atoms with Gasteiger partial charge in [-0.2, -0.15) is 4.31 Å². The van der Waals surface area contributed by atoms with Crippen LogP contribution in [0.1, 0.15) is 19.3 Å². The van der Waals surface area contributed by atoms with Crippen LogP contribution in [-0.4, -0.2) is 46.0 Å². The molecule has 1 aliphatic rings. The van der Waals surface area contributed by atoms with Gasteiger partial charge in [-0.1, -0.05) is 18.0 Å². The number of halogens is 1. The van der Waals surface area contributed by atoms with Crippen molar-refractivity contribution in [3.63, 3.8) is 0 Å².